The Morgan fingerprint density at radius 2 is 2.09 bits per heavy atom. The van der Waals surface area contributed by atoms with Crippen LogP contribution in [0.5, 0.6) is 0 Å². The molecule has 1 aromatic heterocycles. The van der Waals surface area contributed by atoms with Gasteiger partial charge in [-0.15, -0.1) is 10.2 Å². The lowest BCUT2D eigenvalue weighted by atomic mass is 9.78. The fraction of sp³-hybridized carbons (Fsp3) is 0.800. The van der Waals surface area contributed by atoms with Gasteiger partial charge in [0, 0.05) is 12.0 Å². The summed E-state index contributed by atoms with van der Waals surface area (Å²) in [6, 6.07) is 0.301. The normalized spacial score (nSPS) is 28.5. The molecule has 0 saturated heterocycles. The van der Waals surface area contributed by atoms with Crippen LogP contribution in [0.2, 0.25) is 0 Å². The van der Waals surface area contributed by atoms with Crippen LogP contribution in [0.4, 0.5) is 0 Å². The number of nitrogens with one attached hydrogen (secondary N) is 1. The minimum absolute atomic E-state index is 0.0620. The van der Waals surface area contributed by atoms with Gasteiger partial charge in [-0.1, -0.05) is 38.5 Å². The zero-order valence-electron chi connectivity index (χ0n) is 13.3. The second-order valence-corrected chi connectivity index (χ2v) is 7.66. The Kier molecular flexibility index (Phi) is 4.61. The molecule has 1 amide bonds. The van der Waals surface area contributed by atoms with Gasteiger partial charge in [0.15, 0.2) is 5.82 Å². The first kappa shape index (κ1) is 15.6. The molecule has 2 fully saturated rings. The predicted molar refractivity (Wildman–Crippen MR) is 87.0 cm³/mol. The van der Waals surface area contributed by atoms with Crippen molar-refractivity contribution in [3.8, 4) is 0 Å². The standard InChI is InChI=1S/C15H25N5OS/c1-9-4-3-5-12(10(9)2)17-13(21)8-22-15-19-18-14(20(15)16)11-6-7-11/h9-12H,3-8,16H2,1-2H3,(H,17,21)/t9-,10-,12+/m1/s1. The largest absolute Gasteiger partial charge is 0.352 e. The lowest BCUT2D eigenvalue weighted by molar-refractivity contribution is -0.120. The summed E-state index contributed by atoms with van der Waals surface area (Å²) in [4.78, 5) is 12.2. The van der Waals surface area contributed by atoms with E-state index >= 15 is 0 Å². The number of aromatic nitrogens is 3. The van der Waals surface area contributed by atoms with E-state index in [0.29, 0.717) is 34.7 Å². The van der Waals surface area contributed by atoms with Gasteiger partial charge < -0.3 is 11.2 Å². The second-order valence-electron chi connectivity index (χ2n) is 6.72. The van der Waals surface area contributed by atoms with E-state index in [1.165, 1.54) is 24.6 Å². The first-order valence-electron chi connectivity index (χ1n) is 8.18. The average molecular weight is 323 g/mol. The van der Waals surface area contributed by atoms with Crippen LogP contribution in [0.15, 0.2) is 5.16 Å². The molecule has 0 aliphatic heterocycles. The summed E-state index contributed by atoms with van der Waals surface area (Å²) >= 11 is 1.36. The predicted octanol–water partition coefficient (Wildman–Crippen LogP) is 1.90. The quantitative estimate of drug-likeness (QED) is 0.638. The number of nitrogens with two attached hydrogens (primary N) is 1. The molecule has 6 nitrogen and oxygen atoms in total. The third-order valence-electron chi connectivity index (χ3n) is 5.02. The third-order valence-corrected chi connectivity index (χ3v) is 5.96. The number of thioether (sulfide) groups is 1. The number of hydrogen-bond acceptors (Lipinski definition) is 5. The first-order chi connectivity index (χ1) is 10.6. The molecule has 3 atom stereocenters. The summed E-state index contributed by atoms with van der Waals surface area (Å²) < 4.78 is 1.54. The SMILES string of the molecule is C[C@@H]1[C@H](C)CCC[C@@H]1NC(=O)CSc1nnc(C2CC2)n1N. The fourth-order valence-corrected chi connectivity index (χ4v) is 3.85. The Balaban J connectivity index is 1.50. The number of amides is 1. The summed E-state index contributed by atoms with van der Waals surface area (Å²) in [5.74, 6) is 8.93. The molecule has 122 valence electrons. The van der Waals surface area contributed by atoms with Gasteiger partial charge in [-0.25, -0.2) is 4.68 Å². The number of nitrogens with zero attached hydrogens (tertiary/aromatic N) is 3. The van der Waals surface area contributed by atoms with E-state index < -0.39 is 0 Å². The number of rotatable bonds is 5. The molecule has 2 saturated carbocycles. The van der Waals surface area contributed by atoms with Crippen molar-refractivity contribution in [1.82, 2.24) is 20.2 Å². The molecule has 0 unspecified atom stereocenters. The molecule has 22 heavy (non-hydrogen) atoms. The lowest BCUT2D eigenvalue weighted by Crippen LogP contribution is -2.44. The Morgan fingerprint density at radius 3 is 2.82 bits per heavy atom. The number of carbonyl (C=O) groups is 1. The maximum atomic E-state index is 12.2. The van der Waals surface area contributed by atoms with Gasteiger partial charge >= 0.3 is 0 Å². The van der Waals surface area contributed by atoms with E-state index in [4.69, 9.17) is 5.84 Å². The van der Waals surface area contributed by atoms with Gasteiger partial charge in [0.25, 0.3) is 0 Å². The zero-order chi connectivity index (χ0) is 15.7. The van der Waals surface area contributed by atoms with Gasteiger partial charge in [-0.05, 0) is 31.1 Å². The van der Waals surface area contributed by atoms with Gasteiger partial charge in [-0.3, -0.25) is 4.79 Å². The maximum Gasteiger partial charge on any atom is 0.230 e. The number of hydrogen-bond donors (Lipinski definition) is 2. The molecule has 3 rings (SSSR count). The molecule has 1 heterocycles. The highest BCUT2D eigenvalue weighted by atomic mass is 32.2. The van der Waals surface area contributed by atoms with Crippen molar-refractivity contribution in [3.63, 3.8) is 0 Å². The lowest BCUT2D eigenvalue weighted by Gasteiger charge is -2.34. The number of nitrogen functional groups attached to an aromatic ring is 1. The molecule has 1 aromatic rings. The van der Waals surface area contributed by atoms with Gasteiger partial charge in [-0.2, -0.15) is 0 Å². The van der Waals surface area contributed by atoms with Crippen LogP contribution in [0, 0.1) is 11.8 Å². The van der Waals surface area contributed by atoms with E-state index in [1.807, 2.05) is 0 Å². The topological polar surface area (TPSA) is 85.8 Å². The van der Waals surface area contributed by atoms with Crippen molar-refractivity contribution in [1.29, 1.82) is 0 Å². The van der Waals surface area contributed by atoms with Crippen molar-refractivity contribution in [3.05, 3.63) is 5.82 Å². The van der Waals surface area contributed by atoms with Crippen LogP contribution >= 0.6 is 11.8 Å². The summed E-state index contributed by atoms with van der Waals surface area (Å²) in [6.45, 7) is 4.51. The summed E-state index contributed by atoms with van der Waals surface area (Å²) in [6.07, 6.45) is 5.82. The van der Waals surface area contributed by atoms with Crippen LogP contribution < -0.4 is 11.2 Å². The van der Waals surface area contributed by atoms with Gasteiger partial charge in [0.05, 0.1) is 5.75 Å². The smallest absolute Gasteiger partial charge is 0.230 e. The monoisotopic (exact) mass is 323 g/mol. The maximum absolute atomic E-state index is 12.2. The Labute approximate surface area is 135 Å². The van der Waals surface area contributed by atoms with E-state index in [2.05, 4.69) is 29.4 Å². The minimum atomic E-state index is 0.0620. The van der Waals surface area contributed by atoms with Crippen LogP contribution in [-0.4, -0.2) is 32.6 Å². The minimum Gasteiger partial charge on any atom is -0.352 e. The van der Waals surface area contributed by atoms with Crippen LogP contribution in [0.1, 0.15) is 57.7 Å². The first-order valence-corrected chi connectivity index (χ1v) is 9.17. The van der Waals surface area contributed by atoms with Crippen LogP contribution in [-0.2, 0) is 4.79 Å². The van der Waals surface area contributed by atoms with E-state index in [-0.39, 0.29) is 5.91 Å². The second kappa shape index (κ2) is 6.48. The molecule has 0 spiro atoms. The highest BCUT2D eigenvalue weighted by molar-refractivity contribution is 7.99. The van der Waals surface area contributed by atoms with Crippen molar-refractivity contribution < 1.29 is 4.79 Å². The van der Waals surface area contributed by atoms with E-state index in [9.17, 15) is 4.79 Å². The van der Waals surface area contributed by atoms with Crippen molar-refractivity contribution in [2.45, 2.75) is 63.1 Å². The van der Waals surface area contributed by atoms with Crippen LogP contribution in [0.3, 0.4) is 0 Å². The van der Waals surface area contributed by atoms with Gasteiger partial charge in [0.1, 0.15) is 0 Å². The van der Waals surface area contributed by atoms with Crippen molar-refractivity contribution in [2.24, 2.45) is 11.8 Å². The molecular weight excluding hydrogens is 298 g/mol. The molecule has 3 N–H and O–H groups in total. The summed E-state index contributed by atoms with van der Waals surface area (Å²) in [7, 11) is 0. The van der Waals surface area contributed by atoms with Crippen molar-refractivity contribution in [2.75, 3.05) is 11.6 Å². The highest BCUT2D eigenvalue weighted by Crippen LogP contribution is 2.39. The zero-order valence-corrected chi connectivity index (χ0v) is 14.1. The summed E-state index contributed by atoms with van der Waals surface area (Å²) in [5, 5.41) is 12.0. The van der Waals surface area contributed by atoms with Crippen molar-refractivity contribution >= 4 is 17.7 Å². The average Bonchev–Trinajstić information content (AvgIpc) is 3.26. The number of carbonyl (C=O) groups excluding carboxylic acids is 1. The molecule has 2 aliphatic rings. The van der Waals surface area contributed by atoms with E-state index in [1.54, 1.807) is 4.68 Å². The highest BCUT2D eigenvalue weighted by Gasteiger charge is 2.30. The Bertz CT molecular complexity index is 542. The Hall–Kier alpha value is -1.24. The molecule has 0 radical (unpaired) electrons. The van der Waals surface area contributed by atoms with E-state index in [0.717, 1.165) is 25.1 Å². The molecule has 7 heteroatoms. The summed E-state index contributed by atoms with van der Waals surface area (Å²) in [5.41, 5.74) is 0. The molecular formula is C15H25N5OS. The molecule has 2 aliphatic carbocycles. The molecule has 0 aromatic carbocycles. The van der Waals surface area contributed by atoms with Gasteiger partial charge in [0.2, 0.25) is 11.1 Å². The van der Waals surface area contributed by atoms with Crippen LogP contribution in [0.25, 0.3) is 0 Å². The third kappa shape index (κ3) is 3.39. The molecule has 0 bridgehead atoms. The fourth-order valence-electron chi connectivity index (χ4n) is 3.17. The Morgan fingerprint density at radius 1 is 1.32 bits per heavy atom.